The third-order valence-corrected chi connectivity index (χ3v) is 6.87. The van der Waals surface area contributed by atoms with Gasteiger partial charge in [-0.3, -0.25) is 14.5 Å². The number of rotatable bonds is 9. The van der Waals surface area contributed by atoms with Crippen LogP contribution in [0.1, 0.15) is 41.1 Å². The summed E-state index contributed by atoms with van der Waals surface area (Å²) >= 11 is 0. The van der Waals surface area contributed by atoms with Crippen LogP contribution in [0, 0.1) is 6.92 Å². The van der Waals surface area contributed by atoms with Gasteiger partial charge in [0, 0.05) is 31.6 Å². The van der Waals surface area contributed by atoms with E-state index in [2.05, 4.69) is 4.90 Å². The van der Waals surface area contributed by atoms with Gasteiger partial charge in [0.25, 0.3) is 5.91 Å². The second-order valence-corrected chi connectivity index (χ2v) is 9.52. The van der Waals surface area contributed by atoms with Gasteiger partial charge in [-0.1, -0.05) is 30.7 Å². The highest BCUT2D eigenvalue weighted by atomic mass is 16.5. The monoisotopic (exact) mass is 504 g/mol. The first-order valence-electron chi connectivity index (χ1n) is 12.8. The number of ether oxygens (including phenoxy) is 2. The predicted octanol–water partition coefficient (Wildman–Crippen LogP) is 4.44. The molecule has 8 heteroatoms. The molecule has 194 valence electrons. The lowest BCUT2D eigenvalue weighted by Gasteiger charge is -2.31. The third-order valence-electron chi connectivity index (χ3n) is 6.87. The summed E-state index contributed by atoms with van der Waals surface area (Å²) in [4.78, 5) is 30.9. The van der Waals surface area contributed by atoms with E-state index < -0.39 is 23.5 Å². The molecule has 1 fully saturated rings. The van der Waals surface area contributed by atoms with Crippen LogP contribution in [0.25, 0.3) is 11.0 Å². The van der Waals surface area contributed by atoms with Gasteiger partial charge in [0.15, 0.2) is 11.5 Å². The molecule has 0 saturated carbocycles. The SMILES string of the molecule is CCCOc1ccc(C2C(C(=O)c3cc4cc(C)ccc4o3)=C(O)C(=O)N2CCN2CCOCC2)cc1. The third kappa shape index (κ3) is 5.12. The molecule has 37 heavy (non-hydrogen) atoms. The van der Waals surface area contributed by atoms with Crippen LogP contribution in [-0.4, -0.2) is 72.6 Å². The largest absolute Gasteiger partial charge is 0.503 e. The highest BCUT2D eigenvalue weighted by Gasteiger charge is 2.44. The Kier molecular flexibility index (Phi) is 7.30. The molecule has 1 aromatic heterocycles. The topological polar surface area (TPSA) is 92.5 Å². The first kappa shape index (κ1) is 25.0. The number of aliphatic hydroxyl groups is 1. The van der Waals surface area contributed by atoms with Gasteiger partial charge < -0.3 is 23.9 Å². The molecule has 1 N–H and O–H groups in total. The number of hydrogen-bond donors (Lipinski definition) is 1. The molecule has 5 rings (SSSR count). The van der Waals surface area contributed by atoms with Crippen LogP contribution in [0.5, 0.6) is 5.75 Å². The van der Waals surface area contributed by atoms with Crippen LogP contribution < -0.4 is 4.74 Å². The van der Waals surface area contributed by atoms with Crippen molar-refractivity contribution in [2.24, 2.45) is 0 Å². The van der Waals surface area contributed by atoms with Gasteiger partial charge in [0.2, 0.25) is 5.78 Å². The van der Waals surface area contributed by atoms with Crippen molar-refractivity contribution < 1.29 is 28.6 Å². The summed E-state index contributed by atoms with van der Waals surface area (Å²) in [5.41, 5.74) is 2.38. The standard InChI is InChI=1S/C29H32N2O6/c1-3-14-36-22-7-5-20(6-8-22)26-25(27(32)24-18-21-17-19(2)4-9-23(21)37-24)28(33)29(34)31(26)11-10-30-12-15-35-16-13-30/h4-9,17-18,26,33H,3,10-16H2,1-2H3. The number of carbonyl (C=O) groups is 2. The maximum Gasteiger partial charge on any atom is 0.290 e. The number of carbonyl (C=O) groups excluding carboxylic acids is 2. The zero-order valence-electron chi connectivity index (χ0n) is 21.2. The summed E-state index contributed by atoms with van der Waals surface area (Å²) in [5.74, 6) is -0.772. The highest BCUT2D eigenvalue weighted by Crippen LogP contribution is 2.40. The quantitative estimate of drug-likeness (QED) is 0.431. The lowest BCUT2D eigenvalue weighted by molar-refractivity contribution is -0.129. The smallest absolute Gasteiger partial charge is 0.290 e. The summed E-state index contributed by atoms with van der Waals surface area (Å²) in [6.07, 6.45) is 0.889. The van der Waals surface area contributed by atoms with Crippen LogP contribution in [-0.2, 0) is 9.53 Å². The van der Waals surface area contributed by atoms with E-state index in [4.69, 9.17) is 13.9 Å². The molecule has 1 unspecified atom stereocenters. The number of fused-ring (bicyclic) bond motifs is 1. The van der Waals surface area contributed by atoms with Crippen molar-refractivity contribution >= 4 is 22.7 Å². The van der Waals surface area contributed by atoms with Crippen molar-refractivity contribution in [3.8, 4) is 5.75 Å². The van der Waals surface area contributed by atoms with Crippen LogP contribution in [0.15, 0.2) is 64.3 Å². The Labute approximate surface area is 216 Å². The molecule has 1 saturated heterocycles. The van der Waals surface area contributed by atoms with Crippen molar-refractivity contribution in [2.45, 2.75) is 26.3 Å². The molecule has 0 radical (unpaired) electrons. The fourth-order valence-corrected chi connectivity index (χ4v) is 4.91. The van der Waals surface area contributed by atoms with Crippen molar-refractivity contribution in [3.63, 3.8) is 0 Å². The summed E-state index contributed by atoms with van der Waals surface area (Å²) < 4.78 is 17.0. The summed E-state index contributed by atoms with van der Waals surface area (Å²) in [5, 5.41) is 11.8. The molecule has 3 heterocycles. The Morgan fingerprint density at radius 3 is 2.57 bits per heavy atom. The molecular formula is C29H32N2O6. The van der Waals surface area contributed by atoms with E-state index in [1.165, 1.54) is 0 Å². The van der Waals surface area contributed by atoms with E-state index in [9.17, 15) is 14.7 Å². The van der Waals surface area contributed by atoms with E-state index in [1.807, 2.05) is 56.3 Å². The molecule has 0 spiro atoms. The number of ketones is 1. The normalized spacial score (nSPS) is 18.7. The van der Waals surface area contributed by atoms with Crippen LogP contribution in [0.2, 0.25) is 0 Å². The van der Waals surface area contributed by atoms with Crippen molar-refractivity contribution in [1.82, 2.24) is 9.80 Å². The van der Waals surface area contributed by atoms with E-state index in [0.29, 0.717) is 44.2 Å². The molecule has 0 bridgehead atoms. The summed E-state index contributed by atoms with van der Waals surface area (Å²) in [7, 11) is 0. The highest BCUT2D eigenvalue weighted by molar-refractivity contribution is 6.16. The minimum atomic E-state index is -0.740. The van der Waals surface area contributed by atoms with Gasteiger partial charge in [-0.15, -0.1) is 0 Å². The van der Waals surface area contributed by atoms with E-state index in [-0.39, 0.29) is 11.3 Å². The molecule has 1 amide bonds. The fraction of sp³-hybridized carbons (Fsp3) is 0.379. The van der Waals surface area contributed by atoms with E-state index in [1.54, 1.807) is 11.0 Å². The molecule has 2 aliphatic rings. The zero-order chi connectivity index (χ0) is 25.9. The minimum Gasteiger partial charge on any atom is -0.503 e. The van der Waals surface area contributed by atoms with Crippen LogP contribution in [0.4, 0.5) is 0 Å². The number of furan rings is 1. The number of hydrogen-bond acceptors (Lipinski definition) is 7. The molecule has 0 aliphatic carbocycles. The van der Waals surface area contributed by atoms with E-state index >= 15 is 0 Å². The number of aryl methyl sites for hydroxylation is 1. The van der Waals surface area contributed by atoms with Gasteiger partial charge in [-0.25, -0.2) is 0 Å². The van der Waals surface area contributed by atoms with Crippen molar-refractivity contribution in [2.75, 3.05) is 46.0 Å². The summed E-state index contributed by atoms with van der Waals surface area (Å²) in [6, 6.07) is 13.9. The molecule has 3 aromatic rings. The van der Waals surface area contributed by atoms with Gasteiger partial charge in [0.05, 0.1) is 31.4 Å². The Morgan fingerprint density at radius 1 is 1.08 bits per heavy atom. The Balaban J connectivity index is 1.48. The molecular weight excluding hydrogens is 472 g/mol. The molecule has 2 aliphatic heterocycles. The molecule has 1 atom stereocenters. The number of Topliss-reactive ketones (excluding diaryl/α,β-unsaturated/α-hetero) is 1. The number of aliphatic hydroxyl groups excluding tert-OH is 1. The van der Waals surface area contributed by atoms with Gasteiger partial charge in [-0.2, -0.15) is 0 Å². The first-order valence-corrected chi connectivity index (χ1v) is 12.8. The van der Waals surface area contributed by atoms with Gasteiger partial charge in [-0.05, 0) is 49.2 Å². The number of benzene rings is 2. The number of amides is 1. The van der Waals surface area contributed by atoms with Crippen LogP contribution >= 0.6 is 0 Å². The average molecular weight is 505 g/mol. The van der Waals surface area contributed by atoms with Crippen LogP contribution in [0.3, 0.4) is 0 Å². The second-order valence-electron chi connectivity index (χ2n) is 9.52. The maximum absolute atomic E-state index is 13.8. The number of nitrogens with zero attached hydrogens (tertiary/aromatic N) is 2. The van der Waals surface area contributed by atoms with Crippen molar-refractivity contribution in [1.29, 1.82) is 0 Å². The Bertz CT molecular complexity index is 1320. The lowest BCUT2D eigenvalue weighted by atomic mass is 9.95. The second kappa shape index (κ2) is 10.8. The fourth-order valence-electron chi connectivity index (χ4n) is 4.91. The lowest BCUT2D eigenvalue weighted by Crippen LogP contribution is -2.43. The first-order chi connectivity index (χ1) is 18.0. The zero-order valence-corrected chi connectivity index (χ0v) is 21.2. The predicted molar refractivity (Wildman–Crippen MR) is 139 cm³/mol. The molecule has 2 aromatic carbocycles. The van der Waals surface area contributed by atoms with Gasteiger partial charge in [0.1, 0.15) is 11.3 Å². The van der Waals surface area contributed by atoms with Crippen molar-refractivity contribution in [3.05, 3.63) is 76.8 Å². The van der Waals surface area contributed by atoms with Gasteiger partial charge >= 0.3 is 0 Å². The van der Waals surface area contributed by atoms with E-state index in [0.717, 1.165) is 36.0 Å². The number of morpholine rings is 1. The minimum absolute atomic E-state index is 0.0324. The summed E-state index contributed by atoms with van der Waals surface area (Å²) in [6.45, 7) is 8.43. The molecule has 8 nitrogen and oxygen atoms in total. The Hall–Kier alpha value is -3.62. The Morgan fingerprint density at radius 2 is 1.84 bits per heavy atom. The average Bonchev–Trinajstić information content (AvgIpc) is 3.45. The maximum atomic E-state index is 13.8.